The largest absolute Gasteiger partial charge is 0.397 e. The first-order chi connectivity index (χ1) is 14.7. The van der Waals surface area contributed by atoms with Gasteiger partial charge in [-0.05, 0) is 42.7 Å². The van der Waals surface area contributed by atoms with Crippen molar-refractivity contribution in [3.05, 3.63) is 52.5 Å². The van der Waals surface area contributed by atoms with Gasteiger partial charge >= 0.3 is 0 Å². The third kappa shape index (κ3) is 4.57. The molecule has 1 amide bonds. The Morgan fingerprint density at radius 1 is 1.17 bits per heavy atom. The Morgan fingerprint density at radius 3 is 2.67 bits per heavy atom. The summed E-state index contributed by atoms with van der Waals surface area (Å²) in [5, 5.41) is 7.26. The molecule has 0 radical (unpaired) electrons. The Labute approximate surface area is 181 Å². The van der Waals surface area contributed by atoms with E-state index in [0.29, 0.717) is 17.1 Å². The number of thiophene rings is 1. The summed E-state index contributed by atoms with van der Waals surface area (Å²) in [4.78, 5) is 21.1. The molecule has 1 aliphatic heterocycles. The molecule has 3 aromatic rings. The molecule has 0 atom stereocenters. The van der Waals surface area contributed by atoms with Crippen molar-refractivity contribution >= 4 is 38.8 Å². The summed E-state index contributed by atoms with van der Waals surface area (Å²) in [6.45, 7) is 6.86. The molecule has 1 fully saturated rings. The number of carbonyl (C=O) groups excluding carboxylic acids is 1. The second kappa shape index (κ2) is 9.45. The van der Waals surface area contributed by atoms with Gasteiger partial charge in [-0.15, -0.1) is 11.3 Å². The van der Waals surface area contributed by atoms with Crippen molar-refractivity contribution in [3.63, 3.8) is 0 Å². The van der Waals surface area contributed by atoms with E-state index in [-0.39, 0.29) is 5.91 Å². The van der Waals surface area contributed by atoms with Crippen molar-refractivity contribution in [3.8, 4) is 0 Å². The first-order valence-corrected chi connectivity index (χ1v) is 11.5. The fourth-order valence-corrected chi connectivity index (χ4v) is 4.83. The molecule has 0 aliphatic carbocycles. The van der Waals surface area contributed by atoms with E-state index in [1.807, 2.05) is 12.1 Å². The fraction of sp³-hybridized carbons (Fsp3) is 0.391. The van der Waals surface area contributed by atoms with Crippen molar-refractivity contribution in [2.24, 2.45) is 0 Å². The van der Waals surface area contributed by atoms with E-state index in [1.165, 1.54) is 22.6 Å². The molecule has 0 unspecified atom stereocenters. The standard InChI is InChI=1S/C23H29N5OS/c1-2-3-17-6-9-19-20(24)21(30-23(19)27-17)22(29)26-11-10-16-4-7-18(8-5-16)28-14-12-25-13-15-28/h4-9,25H,2-3,10-15,24H2,1H3,(H,26,29). The zero-order chi connectivity index (χ0) is 20.9. The zero-order valence-corrected chi connectivity index (χ0v) is 18.2. The number of pyridine rings is 1. The minimum atomic E-state index is -0.120. The normalized spacial score (nSPS) is 14.2. The third-order valence-corrected chi connectivity index (χ3v) is 6.60. The zero-order valence-electron chi connectivity index (χ0n) is 17.4. The number of aromatic nitrogens is 1. The third-order valence-electron chi connectivity index (χ3n) is 5.48. The van der Waals surface area contributed by atoms with Crippen molar-refractivity contribution in [2.45, 2.75) is 26.2 Å². The molecule has 7 heteroatoms. The molecule has 0 bridgehead atoms. The Bertz CT molecular complexity index is 1010. The number of amides is 1. The van der Waals surface area contributed by atoms with Gasteiger partial charge in [-0.25, -0.2) is 4.98 Å². The van der Waals surface area contributed by atoms with Crippen LogP contribution in [0.25, 0.3) is 10.2 Å². The minimum Gasteiger partial charge on any atom is -0.397 e. The molecule has 6 nitrogen and oxygen atoms in total. The maximum atomic E-state index is 12.7. The average Bonchev–Trinajstić information content (AvgIpc) is 3.11. The molecule has 4 N–H and O–H groups in total. The molecule has 1 aromatic carbocycles. The van der Waals surface area contributed by atoms with Gasteiger partial charge in [0.1, 0.15) is 9.71 Å². The van der Waals surface area contributed by atoms with Crippen LogP contribution in [0.2, 0.25) is 0 Å². The molecule has 158 valence electrons. The highest BCUT2D eigenvalue weighted by atomic mass is 32.1. The summed E-state index contributed by atoms with van der Waals surface area (Å²) in [6, 6.07) is 12.6. The summed E-state index contributed by atoms with van der Waals surface area (Å²) in [7, 11) is 0. The molecule has 1 aliphatic rings. The Hall–Kier alpha value is -2.64. The molecular formula is C23H29N5OS. The van der Waals surface area contributed by atoms with Crippen LogP contribution in [0.15, 0.2) is 36.4 Å². The number of rotatable bonds is 7. The van der Waals surface area contributed by atoms with Gasteiger partial charge in [-0.3, -0.25) is 4.79 Å². The number of aryl methyl sites for hydroxylation is 1. The predicted octanol–water partition coefficient (Wildman–Crippen LogP) is 3.21. The van der Waals surface area contributed by atoms with Crippen molar-refractivity contribution in [1.29, 1.82) is 0 Å². The van der Waals surface area contributed by atoms with E-state index in [4.69, 9.17) is 5.73 Å². The van der Waals surface area contributed by atoms with E-state index in [2.05, 4.69) is 51.7 Å². The number of benzene rings is 1. The number of nitrogen functional groups attached to an aromatic ring is 1. The highest BCUT2D eigenvalue weighted by molar-refractivity contribution is 7.21. The SMILES string of the molecule is CCCc1ccc2c(N)c(C(=O)NCCc3ccc(N4CCNCC4)cc3)sc2n1. The molecular weight excluding hydrogens is 394 g/mol. The monoisotopic (exact) mass is 423 g/mol. The van der Waals surface area contributed by atoms with Crippen LogP contribution in [0.3, 0.4) is 0 Å². The molecule has 0 saturated carbocycles. The number of piperazine rings is 1. The van der Waals surface area contributed by atoms with Crippen LogP contribution in [-0.4, -0.2) is 43.6 Å². The number of carbonyl (C=O) groups is 1. The summed E-state index contributed by atoms with van der Waals surface area (Å²) in [5.74, 6) is -0.120. The van der Waals surface area contributed by atoms with Crippen LogP contribution in [0.4, 0.5) is 11.4 Å². The summed E-state index contributed by atoms with van der Waals surface area (Å²) < 4.78 is 0. The second-order valence-corrected chi connectivity index (χ2v) is 8.66. The lowest BCUT2D eigenvalue weighted by molar-refractivity contribution is 0.0959. The van der Waals surface area contributed by atoms with Crippen molar-refractivity contribution < 1.29 is 4.79 Å². The van der Waals surface area contributed by atoms with Crippen LogP contribution >= 0.6 is 11.3 Å². The van der Waals surface area contributed by atoms with Gasteiger partial charge in [0.15, 0.2) is 0 Å². The molecule has 30 heavy (non-hydrogen) atoms. The molecule has 4 rings (SSSR count). The van der Waals surface area contributed by atoms with Crippen LogP contribution in [0.1, 0.15) is 34.3 Å². The van der Waals surface area contributed by atoms with Crippen LogP contribution in [-0.2, 0) is 12.8 Å². The number of nitrogens with two attached hydrogens (primary N) is 1. The first kappa shape index (κ1) is 20.6. The lowest BCUT2D eigenvalue weighted by Gasteiger charge is -2.29. The topological polar surface area (TPSA) is 83.3 Å². The van der Waals surface area contributed by atoms with Gasteiger partial charge in [0.2, 0.25) is 0 Å². The van der Waals surface area contributed by atoms with Gasteiger partial charge in [-0.1, -0.05) is 25.5 Å². The maximum Gasteiger partial charge on any atom is 0.263 e. The van der Waals surface area contributed by atoms with E-state index in [9.17, 15) is 4.79 Å². The number of hydrogen-bond acceptors (Lipinski definition) is 6. The van der Waals surface area contributed by atoms with Crippen molar-refractivity contribution in [1.82, 2.24) is 15.6 Å². The molecule has 3 heterocycles. The Kier molecular flexibility index (Phi) is 6.50. The molecule has 0 spiro atoms. The number of nitrogens with one attached hydrogen (secondary N) is 2. The number of nitrogens with zero attached hydrogens (tertiary/aromatic N) is 2. The van der Waals surface area contributed by atoms with Crippen LogP contribution in [0.5, 0.6) is 0 Å². The fourth-order valence-electron chi connectivity index (χ4n) is 3.80. The van der Waals surface area contributed by atoms with E-state index >= 15 is 0 Å². The van der Waals surface area contributed by atoms with Crippen LogP contribution in [0, 0.1) is 0 Å². The Morgan fingerprint density at radius 2 is 1.93 bits per heavy atom. The highest BCUT2D eigenvalue weighted by Gasteiger charge is 2.17. The number of anilines is 2. The lowest BCUT2D eigenvalue weighted by Crippen LogP contribution is -2.43. The minimum absolute atomic E-state index is 0.120. The van der Waals surface area contributed by atoms with Crippen molar-refractivity contribution in [2.75, 3.05) is 43.4 Å². The van der Waals surface area contributed by atoms with E-state index < -0.39 is 0 Å². The number of hydrogen-bond donors (Lipinski definition) is 3. The van der Waals surface area contributed by atoms with Gasteiger partial charge in [0.25, 0.3) is 5.91 Å². The van der Waals surface area contributed by atoms with Crippen LogP contribution < -0.4 is 21.3 Å². The highest BCUT2D eigenvalue weighted by Crippen LogP contribution is 2.32. The van der Waals surface area contributed by atoms with Gasteiger partial charge in [-0.2, -0.15) is 0 Å². The van der Waals surface area contributed by atoms with Gasteiger partial charge in [0, 0.05) is 49.5 Å². The van der Waals surface area contributed by atoms with Gasteiger partial charge < -0.3 is 21.3 Å². The smallest absolute Gasteiger partial charge is 0.263 e. The average molecular weight is 424 g/mol. The van der Waals surface area contributed by atoms with E-state index in [1.54, 1.807) is 0 Å². The summed E-state index contributed by atoms with van der Waals surface area (Å²) in [6.07, 6.45) is 2.77. The van der Waals surface area contributed by atoms with Gasteiger partial charge in [0.05, 0.1) is 5.69 Å². The predicted molar refractivity (Wildman–Crippen MR) is 126 cm³/mol. The lowest BCUT2D eigenvalue weighted by atomic mass is 10.1. The first-order valence-electron chi connectivity index (χ1n) is 10.7. The molecule has 1 saturated heterocycles. The summed E-state index contributed by atoms with van der Waals surface area (Å²) in [5.41, 5.74) is 10.3. The Balaban J connectivity index is 1.35. The quantitative estimate of drug-likeness (QED) is 0.544. The molecule has 2 aromatic heterocycles. The summed E-state index contributed by atoms with van der Waals surface area (Å²) >= 11 is 1.38. The van der Waals surface area contributed by atoms with E-state index in [0.717, 1.165) is 61.4 Å². The maximum absolute atomic E-state index is 12.7. The number of fused-ring (bicyclic) bond motifs is 1. The second-order valence-electron chi connectivity index (χ2n) is 7.66.